The van der Waals surface area contributed by atoms with E-state index in [-0.39, 0.29) is 19.1 Å². The number of aliphatic hydroxyl groups is 2. The molecule has 1 amide bonds. The fourth-order valence-corrected chi connectivity index (χ4v) is 1.01. The lowest BCUT2D eigenvalue weighted by Gasteiger charge is -2.07. The first-order chi connectivity index (χ1) is 6.63. The van der Waals surface area contributed by atoms with Crippen molar-refractivity contribution in [3.05, 3.63) is 24.0 Å². The Bertz CT molecular complexity index is 309. The number of aliphatic hydroxyl groups excluding tert-OH is 2. The van der Waals surface area contributed by atoms with Crippen LogP contribution in [0.25, 0.3) is 0 Å². The number of carbonyl (C=O) groups excluding carboxylic acids is 1. The number of carbonyl (C=O) groups is 1. The number of nitrogens with one attached hydrogen (secondary N) is 1. The molecule has 0 radical (unpaired) electrons. The van der Waals surface area contributed by atoms with Crippen molar-refractivity contribution in [3.8, 4) is 0 Å². The molecule has 0 aliphatic heterocycles. The standard InChI is InChI=1S/C9H14N2O3/c1-11-3-2-7(5-11)9(14)10-4-8(13)6-12/h2-3,5,8,12-13H,4,6H2,1H3,(H,10,14). The van der Waals surface area contributed by atoms with Crippen molar-refractivity contribution < 1.29 is 15.0 Å². The summed E-state index contributed by atoms with van der Waals surface area (Å²) in [5, 5.41) is 20.0. The van der Waals surface area contributed by atoms with Crippen molar-refractivity contribution in [1.29, 1.82) is 0 Å². The molecule has 0 saturated carbocycles. The second-order valence-corrected chi connectivity index (χ2v) is 3.11. The lowest BCUT2D eigenvalue weighted by Crippen LogP contribution is -2.33. The van der Waals surface area contributed by atoms with Crippen LogP contribution in [0.3, 0.4) is 0 Å². The van der Waals surface area contributed by atoms with E-state index in [0.717, 1.165) is 0 Å². The zero-order chi connectivity index (χ0) is 10.6. The summed E-state index contributed by atoms with van der Waals surface area (Å²) in [6, 6.07) is 1.68. The van der Waals surface area contributed by atoms with Gasteiger partial charge in [0, 0.05) is 26.0 Å². The molecule has 0 aliphatic rings. The first-order valence-electron chi connectivity index (χ1n) is 4.32. The van der Waals surface area contributed by atoms with Crippen LogP contribution in [0.2, 0.25) is 0 Å². The number of aryl methyl sites for hydroxylation is 1. The van der Waals surface area contributed by atoms with Crippen LogP contribution in [0.4, 0.5) is 0 Å². The third-order valence-corrected chi connectivity index (χ3v) is 1.80. The Hall–Kier alpha value is -1.33. The topological polar surface area (TPSA) is 74.5 Å². The van der Waals surface area contributed by atoms with Gasteiger partial charge in [-0.05, 0) is 6.07 Å². The van der Waals surface area contributed by atoms with Gasteiger partial charge < -0.3 is 20.1 Å². The summed E-state index contributed by atoms with van der Waals surface area (Å²) in [5.41, 5.74) is 0.539. The van der Waals surface area contributed by atoms with Gasteiger partial charge in [0.1, 0.15) is 0 Å². The van der Waals surface area contributed by atoms with Crippen molar-refractivity contribution >= 4 is 5.91 Å². The van der Waals surface area contributed by atoms with Crippen molar-refractivity contribution in [1.82, 2.24) is 9.88 Å². The fraction of sp³-hybridized carbons (Fsp3) is 0.444. The smallest absolute Gasteiger partial charge is 0.252 e. The van der Waals surface area contributed by atoms with Gasteiger partial charge >= 0.3 is 0 Å². The van der Waals surface area contributed by atoms with Gasteiger partial charge in [-0.1, -0.05) is 0 Å². The first kappa shape index (κ1) is 10.7. The van der Waals surface area contributed by atoms with Gasteiger partial charge in [-0.25, -0.2) is 0 Å². The summed E-state index contributed by atoms with van der Waals surface area (Å²) in [6.45, 7) is -0.292. The molecule has 3 N–H and O–H groups in total. The highest BCUT2D eigenvalue weighted by atomic mass is 16.3. The molecule has 1 heterocycles. The molecular formula is C9H14N2O3. The van der Waals surface area contributed by atoms with Crippen LogP contribution in [-0.4, -0.2) is 39.9 Å². The summed E-state index contributed by atoms with van der Waals surface area (Å²) in [7, 11) is 1.82. The molecule has 78 valence electrons. The van der Waals surface area contributed by atoms with Crippen LogP contribution >= 0.6 is 0 Å². The van der Waals surface area contributed by atoms with E-state index in [1.165, 1.54) is 0 Å². The normalized spacial score (nSPS) is 12.5. The van der Waals surface area contributed by atoms with E-state index in [0.29, 0.717) is 5.56 Å². The molecule has 14 heavy (non-hydrogen) atoms. The molecular weight excluding hydrogens is 184 g/mol. The zero-order valence-electron chi connectivity index (χ0n) is 7.97. The molecule has 1 atom stereocenters. The first-order valence-corrected chi connectivity index (χ1v) is 4.32. The Kier molecular flexibility index (Phi) is 3.67. The van der Waals surface area contributed by atoms with Crippen LogP contribution in [0.1, 0.15) is 10.4 Å². The number of nitrogens with zero attached hydrogens (tertiary/aromatic N) is 1. The minimum absolute atomic E-state index is 0.0597. The minimum atomic E-state index is -0.900. The van der Waals surface area contributed by atoms with Gasteiger partial charge in [0.15, 0.2) is 0 Å². The predicted octanol–water partition coefficient (Wildman–Crippen LogP) is -0.892. The van der Waals surface area contributed by atoms with Crippen molar-refractivity contribution in [2.45, 2.75) is 6.10 Å². The summed E-state index contributed by atoms with van der Waals surface area (Å²) in [6.07, 6.45) is 2.54. The van der Waals surface area contributed by atoms with E-state index in [9.17, 15) is 4.79 Å². The third-order valence-electron chi connectivity index (χ3n) is 1.80. The molecule has 0 bridgehead atoms. The molecule has 1 unspecified atom stereocenters. The van der Waals surface area contributed by atoms with E-state index in [2.05, 4.69) is 5.32 Å². The van der Waals surface area contributed by atoms with Gasteiger partial charge in [-0.3, -0.25) is 4.79 Å². The molecule has 1 aromatic heterocycles. The van der Waals surface area contributed by atoms with E-state index in [4.69, 9.17) is 10.2 Å². The molecule has 1 rings (SSSR count). The maximum atomic E-state index is 11.4. The molecule has 0 saturated heterocycles. The number of hydrogen-bond donors (Lipinski definition) is 3. The average Bonchev–Trinajstić information content (AvgIpc) is 2.60. The molecule has 5 nitrogen and oxygen atoms in total. The van der Waals surface area contributed by atoms with Crippen molar-refractivity contribution in [3.63, 3.8) is 0 Å². The molecule has 0 aliphatic carbocycles. The van der Waals surface area contributed by atoms with E-state index >= 15 is 0 Å². The lowest BCUT2D eigenvalue weighted by molar-refractivity contribution is 0.0802. The summed E-state index contributed by atoms with van der Waals surface area (Å²) in [4.78, 5) is 11.4. The van der Waals surface area contributed by atoms with Crippen LogP contribution in [0, 0.1) is 0 Å². The van der Waals surface area contributed by atoms with Gasteiger partial charge in [-0.15, -0.1) is 0 Å². The highest BCUT2D eigenvalue weighted by Crippen LogP contribution is 1.98. The maximum absolute atomic E-state index is 11.4. The Morgan fingerprint density at radius 2 is 2.43 bits per heavy atom. The molecule has 0 aromatic carbocycles. The van der Waals surface area contributed by atoms with Crippen LogP contribution in [-0.2, 0) is 7.05 Å². The maximum Gasteiger partial charge on any atom is 0.252 e. The lowest BCUT2D eigenvalue weighted by atomic mass is 10.3. The Balaban J connectivity index is 2.43. The molecule has 1 aromatic rings. The summed E-state index contributed by atoms with van der Waals surface area (Å²) < 4.78 is 1.76. The number of rotatable bonds is 4. The second kappa shape index (κ2) is 4.78. The minimum Gasteiger partial charge on any atom is -0.394 e. The van der Waals surface area contributed by atoms with Crippen molar-refractivity contribution in [2.24, 2.45) is 7.05 Å². The Morgan fingerprint density at radius 1 is 1.71 bits per heavy atom. The third kappa shape index (κ3) is 2.86. The fourth-order valence-electron chi connectivity index (χ4n) is 1.01. The highest BCUT2D eigenvalue weighted by molar-refractivity contribution is 5.93. The van der Waals surface area contributed by atoms with Gasteiger partial charge in [-0.2, -0.15) is 0 Å². The van der Waals surface area contributed by atoms with Gasteiger partial charge in [0.2, 0.25) is 0 Å². The predicted molar refractivity (Wildman–Crippen MR) is 50.8 cm³/mol. The Labute approximate surface area is 82.0 Å². The molecule has 5 heteroatoms. The number of amides is 1. The van der Waals surface area contributed by atoms with Gasteiger partial charge in [0.25, 0.3) is 5.91 Å². The van der Waals surface area contributed by atoms with Crippen LogP contribution in [0.15, 0.2) is 18.5 Å². The number of hydrogen-bond acceptors (Lipinski definition) is 3. The zero-order valence-corrected chi connectivity index (χ0v) is 7.97. The SMILES string of the molecule is Cn1ccc(C(=O)NCC(O)CO)c1. The van der Waals surface area contributed by atoms with Crippen LogP contribution < -0.4 is 5.32 Å². The number of aromatic nitrogens is 1. The van der Waals surface area contributed by atoms with Gasteiger partial charge in [0.05, 0.1) is 18.3 Å². The molecule has 0 fully saturated rings. The van der Waals surface area contributed by atoms with E-state index in [1.807, 2.05) is 7.05 Å². The van der Waals surface area contributed by atoms with E-state index in [1.54, 1.807) is 23.0 Å². The van der Waals surface area contributed by atoms with Crippen molar-refractivity contribution in [2.75, 3.05) is 13.2 Å². The molecule has 0 spiro atoms. The summed E-state index contributed by atoms with van der Waals surface area (Å²) in [5.74, 6) is -0.252. The monoisotopic (exact) mass is 198 g/mol. The largest absolute Gasteiger partial charge is 0.394 e. The summed E-state index contributed by atoms with van der Waals surface area (Å²) >= 11 is 0. The van der Waals surface area contributed by atoms with E-state index < -0.39 is 6.10 Å². The van der Waals surface area contributed by atoms with Crippen LogP contribution in [0.5, 0.6) is 0 Å². The highest BCUT2D eigenvalue weighted by Gasteiger charge is 2.08. The quantitative estimate of drug-likeness (QED) is 0.587. The second-order valence-electron chi connectivity index (χ2n) is 3.11. The average molecular weight is 198 g/mol. The Morgan fingerprint density at radius 3 is 2.93 bits per heavy atom.